The molecule has 4 rings (SSSR count). The quantitative estimate of drug-likeness (QED) is 0.573. The number of aryl methyl sites for hydroxylation is 1. The number of pyridine rings is 1. The van der Waals surface area contributed by atoms with Crippen LogP contribution in [-0.4, -0.2) is 18.0 Å². The number of amides is 1. The molecule has 5 heteroatoms. The molecule has 130 valence electrons. The van der Waals surface area contributed by atoms with E-state index < -0.39 is 0 Å². The number of rotatable bonds is 4. The molecule has 0 aliphatic rings. The van der Waals surface area contributed by atoms with E-state index >= 15 is 0 Å². The summed E-state index contributed by atoms with van der Waals surface area (Å²) < 4.78 is 5.33. The van der Waals surface area contributed by atoms with Gasteiger partial charge in [-0.05, 0) is 36.8 Å². The third-order valence-electron chi connectivity index (χ3n) is 4.31. The fraction of sp³-hybridized carbons (Fsp3) is 0.143. The number of carbonyl (C=O) groups excluding carboxylic acids is 1. The van der Waals surface area contributed by atoms with Gasteiger partial charge in [0.05, 0.1) is 17.5 Å². The summed E-state index contributed by atoms with van der Waals surface area (Å²) in [5, 5.41) is 5.04. The van der Waals surface area contributed by atoms with Gasteiger partial charge in [0.15, 0.2) is 0 Å². The van der Waals surface area contributed by atoms with Crippen molar-refractivity contribution in [2.24, 2.45) is 0 Å². The van der Waals surface area contributed by atoms with E-state index in [9.17, 15) is 4.79 Å². The summed E-state index contributed by atoms with van der Waals surface area (Å²) in [7, 11) is 1.63. The summed E-state index contributed by atoms with van der Waals surface area (Å²) in [4.78, 5) is 18.8. The Morgan fingerprint density at radius 3 is 2.81 bits per heavy atom. The summed E-state index contributed by atoms with van der Waals surface area (Å²) in [5.41, 5.74) is 3.08. The number of nitrogens with zero attached hydrogens (tertiary/aromatic N) is 1. The van der Waals surface area contributed by atoms with Crippen molar-refractivity contribution in [2.45, 2.75) is 13.5 Å². The first-order valence-corrected chi connectivity index (χ1v) is 9.17. The number of aromatic nitrogens is 1. The first kappa shape index (κ1) is 16.5. The number of methoxy groups -OCH3 is 1. The molecule has 2 aromatic heterocycles. The Morgan fingerprint density at radius 2 is 1.96 bits per heavy atom. The molecule has 1 amide bonds. The molecule has 2 heterocycles. The standard InChI is InChI=1S/C21H18N2O2S/c1-13-7-8-14-10-16-11-19(26-21(16)23-17(14)9-13)20(24)22-12-15-5-3-4-6-18(15)25-2/h3-11H,12H2,1-2H3,(H,22,24). The topological polar surface area (TPSA) is 51.2 Å². The number of carbonyl (C=O) groups is 1. The molecule has 0 aliphatic carbocycles. The van der Waals surface area contributed by atoms with E-state index in [1.54, 1.807) is 7.11 Å². The molecule has 0 saturated carbocycles. The maximum Gasteiger partial charge on any atom is 0.261 e. The predicted octanol–water partition coefficient (Wildman–Crippen LogP) is 4.70. The molecule has 4 aromatic rings. The molecular weight excluding hydrogens is 344 g/mol. The van der Waals surface area contributed by atoms with Crippen molar-refractivity contribution in [3.05, 3.63) is 70.6 Å². The molecule has 0 spiro atoms. The third kappa shape index (κ3) is 3.13. The van der Waals surface area contributed by atoms with Crippen LogP contribution < -0.4 is 10.1 Å². The van der Waals surface area contributed by atoms with Crippen LogP contribution in [0.3, 0.4) is 0 Å². The van der Waals surface area contributed by atoms with Gasteiger partial charge in [-0.3, -0.25) is 4.79 Å². The second-order valence-electron chi connectivity index (χ2n) is 6.18. The molecule has 0 radical (unpaired) electrons. The molecule has 0 aliphatic heterocycles. The minimum atomic E-state index is -0.0980. The van der Waals surface area contributed by atoms with Crippen LogP contribution in [0, 0.1) is 6.92 Å². The highest BCUT2D eigenvalue weighted by Gasteiger charge is 2.12. The fourth-order valence-electron chi connectivity index (χ4n) is 2.96. The molecule has 0 fully saturated rings. The summed E-state index contributed by atoms with van der Waals surface area (Å²) in [6.07, 6.45) is 0. The van der Waals surface area contributed by atoms with Crippen LogP contribution in [-0.2, 0) is 6.54 Å². The predicted molar refractivity (Wildman–Crippen MR) is 106 cm³/mol. The number of para-hydroxylation sites is 1. The van der Waals surface area contributed by atoms with Crippen molar-refractivity contribution in [2.75, 3.05) is 7.11 Å². The Kier molecular flexibility index (Phi) is 4.31. The average Bonchev–Trinajstić information content (AvgIpc) is 3.07. The number of ether oxygens (including phenoxy) is 1. The third-order valence-corrected chi connectivity index (χ3v) is 5.36. The van der Waals surface area contributed by atoms with Crippen LogP contribution >= 0.6 is 11.3 Å². The largest absolute Gasteiger partial charge is 0.496 e. The molecule has 1 N–H and O–H groups in total. The minimum absolute atomic E-state index is 0.0980. The highest BCUT2D eigenvalue weighted by atomic mass is 32.1. The van der Waals surface area contributed by atoms with E-state index in [2.05, 4.69) is 36.5 Å². The second-order valence-corrected chi connectivity index (χ2v) is 7.21. The van der Waals surface area contributed by atoms with Crippen molar-refractivity contribution in [3.63, 3.8) is 0 Å². The zero-order valence-electron chi connectivity index (χ0n) is 14.6. The maximum atomic E-state index is 12.6. The van der Waals surface area contributed by atoms with Crippen molar-refractivity contribution in [3.8, 4) is 5.75 Å². The average molecular weight is 362 g/mol. The summed E-state index contributed by atoms with van der Waals surface area (Å²) in [5.74, 6) is 0.673. The SMILES string of the molecule is COc1ccccc1CNC(=O)c1cc2cc3ccc(C)cc3nc2s1. The number of nitrogens with one attached hydrogen (secondary N) is 1. The number of hydrogen-bond acceptors (Lipinski definition) is 4. The van der Waals surface area contributed by atoms with Gasteiger partial charge < -0.3 is 10.1 Å². The Bertz CT molecular complexity index is 1120. The van der Waals surface area contributed by atoms with E-state index in [0.29, 0.717) is 11.4 Å². The Balaban J connectivity index is 1.59. The van der Waals surface area contributed by atoms with Gasteiger partial charge in [-0.15, -0.1) is 11.3 Å². The van der Waals surface area contributed by atoms with Gasteiger partial charge in [-0.1, -0.05) is 30.3 Å². The van der Waals surface area contributed by atoms with Crippen LogP contribution in [0.5, 0.6) is 5.75 Å². The zero-order chi connectivity index (χ0) is 18.1. The summed E-state index contributed by atoms with van der Waals surface area (Å²) >= 11 is 1.42. The van der Waals surface area contributed by atoms with Crippen LogP contribution in [0.4, 0.5) is 0 Å². The molecule has 0 bridgehead atoms. The van der Waals surface area contributed by atoms with Crippen LogP contribution in [0.2, 0.25) is 0 Å². The monoisotopic (exact) mass is 362 g/mol. The maximum absolute atomic E-state index is 12.6. The Labute approximate surface area is 155 Å². The van der Waals surface area contributed by atoms with Crippen LogP contribution in [0.25, 0.3) is 21.1 Å². The Morgan fingerprint density at radius 1 is 1.12 bits per heavy atom. The lowest BCUT2D eigenvalue weighted by Gasteiger charge is -2.08. The molecule has 26 heavy (non-hydrogen) atoms. The molecule has 2 aromatic carbocycles. The lowest BCUT2D eigenvalue weighted by atomic mass is 10.1. The normalized spacial score (nSPS) is 11.0. The van der Waals surface area contributed by atoms with Crippen molar-refractivity contribution in [1.82, 2.24) is 10.3 Å². The number of thiophene rings is 1. The summed E-state index contributed by atoms with van der Waals surface area (Å²) in [6, 6.07) is 17.9. The van der Waals surface area contributed by atoms with E-state index in [0.717, 1.165) is 32.4 Å². The highest BCUT2D eigenvalue weighted by Crippen LogP contribution is 2.28. The second kappa shape index (κ2) is 6.77. The van der Waals surface area contributed by atoms with E-state index in [4.69, 9.17) is 9.72 Å². The van der Waals surface area contributed by atoms with Gasteiger partial charge in [-0.2, -0.15) is 0 Å². The Hall–Kier alpha value is -2.92. The molecule has 0 unspecified atom stereocenters. The van der Waals surface area contributed by atoms with Crippen LogP contribution in [0.1, 0.15) is 20.8 Å². The lowest BCUT2D eigenvalue weighted by molar-refractivity contribution is 0.0955. The van der Waals surface area contributed by atoms with Crippen molar-refractivity contribution in [1.29, 1.82) is 0 Å². The molecule has 4 nitrogen and oxygen atoms in total. The van der Waals surface area contributed by atoms with Gasteiger partial charge >= 0.3 is 0 Å². The van der Waals surface area contributed by atoms with E-state index in [1.165, 1.54) is 16.9 Å². The van der Waals surface area contributed by atoms with Gasteiger partial charge in [-0.25, -0.2) is 4.98 Å². The summed E-state index contributed by atoms with van der Waals surface area (Å²) in [6.45, 7) is 2.47. The smallest absolute Gasteiger partial charge is 0.261 e. The molecular formula is C21H18N2O2S. The number of benzene rings is 2. The molecule has 0 saturated heterocycles. The first-order valence-electron chi connectivity index (χ1n) is 8.35. The van der Waals surface area contributed by atoms with Crippen LogP contribution in [0.15, 0.2) is 54.6 Å². The molecule has 0 atom stereocenters. The van der Waals surface area contributed by atoms with E-state index in [1.807, 2.05) is 30.3 Å². The minimum Gasteiger partial charge on any atom is -0.496 e. The number of fused-ring (bicyclic) bond motifs is 2. The zero-order valence-corrected chi connectivity index (χ0v) is 15.4. The highest BCUT2D eigenvalue weighted by molar-refractivity contribution is 7.20. The van der Waals surface area contributed by atoms with Gasteiger partial charge in [0.25, 0.3) is 5.91 Å². The van der Waals surface area contributed by atoms with Crippen molar-refractivity contribution >= 4 is 38.4 Å². The van der Waals surface area contributed by atoms with Gasteiger partial charge in [0.1, 0.15) is 10.6 Å². The fourth-order valence-corrected chi connectivity index (χ4v) is 3.90. The van der Waals surface area contributed by atoms with Crippen molar-refractivity contribution < 1.29 is 9.53 Å². The van der Waals surface area contributed by atoms with E-state index in [-0.39, 0.29) is 5.91 Å². The lowest BCUT2D eigenvalue weighted by Crippen LogP contribution is -2.22. The number of hydrogen-bond donors (Lipinski definition) is 1. The van der Waals surface area contributed by atoms with Gasteiger partial charge in [0, 0.05) is 22.9 Å². The first-order chi connectivity index (χ1) is 12.6. The van der Waals surface area contributed by atoms with Gasteiger partial charge in [0.2, 0.25) is 0 Å².